The molecule has 0 atom stereocenters. The van der Waals surface area contributed by atoms with E-state index in [1.165, 1.54) is 6.07 Å². The van der Waals surface area contributed by atoms with Crippen LogP contribution < -0.4 is 10.0 Å². The zero-order chi connectivity index (χ0) is 14.8. The van der Waals surface area contributed by atoms with Crippen LogP contribution in [0.2, 0.25) is 5.02 Å². The molecule has 0 fully saturated rings. The number of halogens is 2. The fourth-order valence-electron chi connectivity index (χ4n) is 1.57. The average molecular weight is 380 g/mol. The van der Waals surface area contributed by atoms with Crippen molar-refractivity contribution < 1.29 is 12.8 Å². The van der Waals surface area contributed by atoms with E-state index in [0.717, 1.165) is 0 Å². The summed E-state index contributed by atoms with van der Waals surface area (Å²) in [6.07, 6.45) is 0. The van der Waals surface area contributed by atoms with Crippen molar-refractivity contribution in [3.63, 3.8) is 0 Å². The summed E-state index contributed by atoms with van der Waals surface area (Å²) in [5.74, 6) is 0.524. The van der Waals surface area contributed by atoms with E-state index in [0.29, 0.717) is 23.0 Å². The summed E-state index contributed by atoms with van der Waals surface area (Å²) in [6.45, 7) is 0.440. The molecule has 5 nitrogen and oxygen atoms in total. The van der Waals surface area contributed by atoms with Gasteiger partial charge in [-0.15, -0.1) is 0 Å². The van der Waals surface area contributed by atoms with Crippen molar-refractivity contribution in [2.45, 2.75) is 11.4 Å². The summed E-state index contributed by atoms with van der Waals surface area (Å²) >= 11 is 8.87. The second-order valence-electron chi connectivity index (χ2n) is 3.99. The Kier molecular flexibility index (Phi) is 4.74. The normalized spacial score (nSPS) is 11.6. The molecule has 0 saturated heterocycles. The third-order valence-electron chi connectivity index (χ3n) is 2.44. The monoisotopic (exact) mass is 378 g/mol. The molecule has 1 heterocycles. The average Bonchev–Trinajstić information content (AvgIpc) is 2.74. The molecule has 0 saturated carbocycles. The first-order chi connectivity index (χ1) is 9.42. The topological polar surface area (TPSA) is 71.3 Å². The van der Waals surface area contributed by atoms with E-state index in [1.54, 1.807) is 31.3 Å². The molecule has 0 aliphatic rings. The molecule has 0 aliphatic heterocycles. The lowest BCUT2D eigenvalue weighted by Gasteiger charge is -2.06. The summed E-state index contributed by atoms with van der Waals surface area (Å²) in [5, 5.41) is 3.42. The van der Waals surface area contributed by atoms with E-state index in [2.05, 4.69) is 26.0 Å². The van der Waals surface area contributed by atoms with Gasteiger partial charge in [0.05, 0.1) is 6.54 Å². The maximum absolute atomic E-state index is 12.3. The maximum atomic E-state index is 12.3. The summed E-state index contributed by atoms with van der Waals surface area (Å²) in [6, 6.07) is 7.86. The number of benzene rings is 1. The Hall–Kier alpha value is -1.02. The van der Waals surface area contributed by atoms with E-state index in [9.17, 15) is 8.42 Å². The van der Waals surface area contributed by atoms with Crippen LogP contribution in [0.5, 0.6) is 0 Å². The second kappa shape index (κ2) is 6.17. The van der Waals surface area contributed by atoms with Crippen LogP contribution in [0.15, 0.2) is 44.3 Å². The minimum atomic E-state index is -3.72. The number of hydrogen-bond acceptors (Lipinski definition) is 4. The van der Waals surface area contributed by atoms with Crippen LogP contribution in [-0.2, 0) is 16.6 Å². The zero-order valence-corrected chi connectivity index (χ0v) is 13.6. The third kappa shape index (κ3) is 3.54. The lowest BCUT2D eigenvalue weighted by atomic mass is 10.3. The van der Waals surface area contributed by atoms with Crippen molar-refractivity contribution in [1.29, 1.82) is 0 Å². The smallest absolute Gasteiger partial charge is 0.266 e. The minimum absolute atomic E-state index is 0.0534. The van der Waals surface area contributed by atoms with Crippen LogP contribution in [0.3, 0.4) is 0 Å². The quantitative estimate of drug-likeness (QED) is 0.837. The molecular formula is C12H12BrClN2O3S. The predicted octanol–water partition coefficient (Wildman–Crippen LogP) is 3.22. The van der Waals surface area contributed by atoms with Crippen molar-refractivity contribution >= 4 is 43.2 Å². The highest BCUT2D eigenvalue weighted by Gasteiger charge is 2.22. The Bertz CT molecular complexity index is 698. The summed E-state index contributed by atoms with van der Waals surface area (Å²) in [7, 11) is -1.97. The van der Waals surface area contributed by atoms with Gasteiger partial charge in [0.2, 0.25) is 0 Å². The molecule has 8 heteroatoms. The van der Waals surface area contributed by atoms with Gasteiger partial charge >= 0.3 is 0 Å². The van der Waals surface area contributed by atoms with Crippen LogP contribution in [0.1, 0.15) is 5.76 Å². The number of anilines is 1. The number of furan rings is 1. The Labute approximate surface area is 130 Å². The van der Waals surface area contributed by atoms with Gasteiger partial charge in [0.1, 0.15) is 10.7 Å². The highest BCUT2D eigenvalue weighted by atomic mass is 79.9. The zero-order valence-electron chi connectivity index (χ0n) is 10.5. The van der Waals surface area contributed by atoms with E-state index in [-0.39, 0.29) is 9.56 Å². The fourth-order valence-corrected chi connectivity index (χ4v) is 3.75. The Morgan fingerprint density at radius 2 is 1.95 bits per heavy atom. The highest BCUT2D eigenvalue weighted by molar-refractivity contribution is 9.10. The lowest BCUT2D eigenvalue weighted by molar-refractivity contribution is 0.470. The molecule has 0 aliphatic carbocycles. The SMILES string of the molecule is CNCc1cc(S(=O)(=O)Nc2ccc(Cl)cc2)c(Br)o1. The van der Waals surface area contributed by atoms with E-state index < -0.39 is 10.0 Å². The first kappa shape index (κ1) is 15.4. The standard InChI is InChI=1S/C12H12BrClN2O3S/c1-15-7-10-6-11(12(13)19-10)20(17,18)16-9-4-2-8(14)3-5-9/h2-6,15-16H,7H2,1H3. The van der Waals surface area contributed by atoms with Gasteiger partial charge in [0.25, 0.3) is 10.0 Å². The third-order valence-corrected chi connectivity index (χ3v) is 4.93. The Balaban J connectivity index is 2.28. The van der Waals surface area contributed by atoms with Gasteiger partial charge in [-0.25, -0.2) is 8.42 Å². The lowest BCUT2D eigenvalue weighted by Crippen LogP contribution is -2.12. The second-order valence-corrected chi connectivity index (χ2v) is 6.80. The summed E-state index contributed by atoms with van der Waals surface area (Å²) in [4.78, 5) is 0.0534. The minimum Gasteiger partial charge on any atom is -0.451 e. The van der Waals surface area contributed by atoms with Crippen LogP contribution in [0.4, 0.5) is 5.69 Å². The molecule has 1 aromatic heterocycles. The molecule has 20 heavy (non-hydrogen) atoms. The van der Waals surface area contributed by atoms with Crippen LogP contribution in [0, 0.1) is 0 Å². The molecule has 0 unspecified atom stereocenters. The van der Waals surface area contributed by atoms with Gasteiger partial charge in [0.15, 0.2) is 4.67 Å². The molecule has 2 rings (SSSR count). The fraction of sp³-hybridized carbons (Fsp3) is 0.167. The first-order valence-corrected chi connectivity index (χ1v) is 8.29. The molecule has 0 spiro atoms. The maximum Gasteiger partial charge on any atom is 0.266 e. The Morgan fingerprint density at radius 1 is 1.30 bits per heavy atom. The van der Waals surface area contributed by atoms with Crippen molar-refractivity contribution in [2.75, 3.05) is 11.8 Å². The van der Waals surface area contributed by atoms with Gasteiger partial charge < -0.3 is 9.73 Å². The molecule has 0 bridgehead atoms. The predicted molar refractivity (Wildman–Crippen MR) is 81.4 cm³/mol. The molecular weight excluding hydrogens is 368 g/mol. The van der Waals surface area contributed by atoms with Gasteiger partial charge in [0, 0.05) is 16.8 Å². The van der Waals surface area contributed by atoms with E-state index >= 15 is 0 Å². The van der Waals surface area contributed by atoms with Crippen molar-refractivity contribution in [2.24, 2.45) is 0 Å². The van der Waals surface area contributed by atoms with Gasteiger partial charge in [-0.1, -0.05) is 11.6 Å². The van der Waals surface area contributed by atoms with Crippen LogP contribution in [0.25, 0.3) is 0 Å². The van der Waals surface area contributed by atoms with Crippen LogP contribution >= 0.6 is 27.5 Å². The molecule has 1 aromatic carbocycles. The first-order valence-electron chi connectivity index (χ1n) is 5.63. The van der Waals surface area contributed by atoms with Crippen LogP contribution in [-0.4, -0.2) is 15.5 Å². The highest BCUT2D eigenvalue weighted by Crippen LogP contribution is 2.28. The number of hydrogen-bond donors (Lipinski definition) is 2. The summed E-state index contributed by atoms with van der Waals surface area (Å²) in [5.41, 5.74) is 0.428. The van der Waals surface area contributed by atoms with Crippen molar-refractivity contribution in [3.05, 3.63) is 45.8 Å². The molecule has 2 N–H and O–H groups in total. The van der Waals surface area contributed by atoms with Gasteiger partial charge in [-0.05, 0) is 47.2 Å². The van der Waals surface area contributed by atoms with E-state index in [4.69, 9.17) is 16.0 Å². The Morgan fingerprint density at radius 3 is 2.55 bits per heavy atom. The largest absolute Gasteiger partial charge is 0.451 e. The number of rotatable bonds is 5. The molecule has 0 radical (unpaired) electrons. The van der Waals surface area contributed by atoms with Crippen molar-refractivity contribution in [1.82, 2.24) is 5.32 Å². The molecule has 108 valence electrons. The number of sulfonamides is 1. The van der Waals surface area contributed by atoms with Gasteiger partial charge in [-0.3, -0.25) is 4.72 Å². The van der Waals surface area contributed by atoms with Crippen molar-refractivity contribution in [3.8, 4) is 0 Å². The summed E-state index contributed by atoms with van der Waals surface area (Å²) < 4.78 is 32.5. The molecule has 2 aromatic rings. The molecule has 0 amide bonds. The number of nitrogens with one attached hydrogen (secondary N) is 2. The van der Waals surface area contributed by atoms with E-state index in [1.807, 2.05) is 0 Å². The van der Waals surface area contributed by atoms with Gasteiger partial charge in [-0.2, -0.15) is 0 Å².